The van der Waals surface area contributed by atoms with Crippen LogP contribution in [-0.4, -0.2) is 34.6 Å². The lowest BCUT2D eigenvalue weighted by atomic mass is 9.75. The molecule has 0 saturated carbocycles. The van der Waals surface area contributed by atoms with Gasteiger partial charge in [-0.3, -0.25) is 0 Å². The van der Waals surface area contributed by atoms with Crippen molar-refractivity contribution in [2.75, 3.05) is 30.0 Å². The van der Waals surface area contributed by atoms with Crippen LogP contribution in [0.5, 0.6) is 11.5 Å². The number of esters is 1. The Morgan fingerprint density at radius 2 is 1.36 bits per heavy atom. The van der Waals surface area contributed by atoms with Crippen LogP contribution in [0.25, 0.3) is 0 Å². The first-order valence-electron chi connectivity index (χ1n) is 15.9. The molecule has 2 aliphatic heterocycles. The molecule has 1 spiro atoms. The van der Waals surface area contributed by atoms with E-state index in [0.717, 1.165) is 22.7 Å². The van der Waals surface area contributed by atoms with E-state index in [1.165, 1.54) is 0 Å². The highest BCUT2D eigenvalue weighted by Crippen LogP contribution is 2.56. The average Bonchev–Trinajstić information content (AvgIpc) is 3.35. The highest BCUT2D eigenvalue weighted by atomic mass is 35.5. The number of carbonyl (C=O) groups excluding carboxylic acids is 1. The minimum absolute atomic E-state index is 0.205. The smallest absolute Gasteiger partial charge is 0.333 e. The van der Waals surface area contributed by atoms with Gasteiger partial charge < -0.3 is 19.3 Å². The van der Waals surface area contributed by atoms with E-state index in [0.29, 0.717) is 56.8 Å². The highest BCUT2D eigenvalue weighted by molar-refractivity contribution is 7.90. The van der Waals surface area contributed by atoms with Crippen molar-refractivity contribution in [3.63, 3.8) is 0 Å². The predicted octanol–water partition coefficient (Wildman–Crippen LogP) is 9.10. The molecule has 2 aliphatic rings. The van der Waals surface area contributed by atoms with E-state index in [1.54, 1.807) is 19.1 Å². The van der Waals surface area contributed by atoms with Crippen LogP contribution in [0.4, 0.5) is 22.7 Å². The van der Waals surface area contributed by atoms with Crippen LogP contribution in [0.1, 0.15) is 30.0 Å². The molecule has 7 rings (SSSR count). The monoisotopic (exact) mass is 725 g/mol. The van der Waals surface area contributed by atoms with Crippen molar-refractivity contribution in [1.29, 1.82) is 0 Å². The minimum atomic E-state index is -3.87. The van der Waals surface area contributed by atoms with Gasteiger partial charge in [-0.15, -0.1) is 0 Å². The first-order valence-corrected chi connectivity index (χ1v) is 18.2. The Morgan fingerprint density at radius 3 is 2.00 bits per heavy atom. The number of nitrogens with one attached hydrogen (secondary N) is 1. The van der Waals surface area contributed by atoms with Crippen molar-refractivity contribution < 1.29 is 22.7 Å². The number of rotatable bonds is 9. The Kier molecular flexibility index (Phi) is 8.86. The van der Waals surface area contributed by atoms with Crippen LogP contribution >= 0.6 is 23.2 Å². The van der Waals surface area contributed by atoms with Crippen LogP contribution in [0, 0.1) is 0 Å². The van der Waals surface area contributed by atoms with Crippen molar-refractivity contribution in [1.82, 2.24) is 4.72 Å². The zero-order chi connectivity index (χ0) is 35.2. The van der Waals surface area contributed by atoms with Gasteiger partial charge >= 0.3 is 5.97 Å². The third-order valence-corrected chi connectivity index (χ3v) is 11.0. The van der Waals surface area contributed by atoms with Gasteiger partial charge in [0.05, 0.1) is 11.5 Å². The number of nitrogens with zero attached hydrogens (tertiary/aromatic N) is 2. The number of ether oxygens (including phenoxy) is 2. The zero-order valence-electron chi connectivity index (χ0n) is 27.3. The van der Waals surface area contributed by atoms with Crippen LogP contribution in [0.15, 0.2) is 126 Å². The van der Waals surface area contributed by atoms with Gasteiger partial charge in [-0.2, -0.15) is 4.72 Å². The molecule has 50 heavy (non-hydrogen) atoms. The van der Waals surface area contributed by atoms with Crippen molar-refractivity contribution in [2.24, 2.45) is 0 Å². The fraction of sp³-hybridized carbons (Fsp3) is 0.154. The second kappa shape index (κ2) is 13.2. The van der Waals surface area contributed by atoms with Gasteiger partial charge in [0.15, 0.2) is 0 Å². The Hall–Kier alpha value is -4.80. The number of hydrogen-bond donors (Lipinski definition) is 1. The second-order valence-corrected chi connectivity index (χ2v) is 14.8. The lowest BCUT2D eigenvalue weighted by Gasteiger charge is -2.38. The summed E-state index contributed by atoms with van der Waals surface area (Å²) < 4.78 is 42.6. The summed E-state index contributed by atoms with van der Waals surface area (Å²) in [6.45, 7) is 5.97. The van der Waals surface area contributed by atoms with E-state index in [9.17, 15) is 13.2 Å². The fourth-order valence-electron chi connectivity index (χ4n) is 6.53. The number of sulfonamides is 1. The molecular weight excluding hydrogens is 693 g/mol. The van der Waals surface area contributed by atoms with E-state index >= 15 is 0 Å². The highest BCUT2D eigenvalue weighted by Gasteiger charge is 2.53. The van der Waals surface area contributed by atoms with Gasteiger partial charge in [0.25, 0.3) is 0 Å². The molecule has 0 amide bonds. The topological polar surface area (TPSA) is 88.2 Å². The number of halogens is 2. The molecule has 0 radical (unpaired) electrons. The number of hydrogen-bond acceptors (Lipinski definition) is 7. The molecule has 0 bridgehead atoms. The van der Waals surface area contributed by atoms with Crippen LogP contribution < -0.4 is 19.3 Å². The van der Waals surface area contributed by atoms with Crippen molar-refractivity contribution in [2.45, 2.75) is 23.8 Å². The predicted molar refractivity (Wildman–Crippen MR) is 198 cm³/mol. The summed E-state index contributed by atoms with van der Waals surface area (Å²) in [5.74, 6) is 0.569. The van der Waals surface area contributed by atoms with Crippen molar-refractivity contribution in [3.05, 3.63) is 148 Å². The van der Waals surface area contributed by atoms with Gasteiger partial charge in [-0.05, 0) is 80.1 Å². The summed E-state index contributed by atoms with van der Waals surface area (Å²) >= 11 is 12.4. The molecule has 0 fully saturated rings. The molecule has 5 aromatic carbocycles. The van der Waals surface area contributed by atoms with E-state index in [1.807, 2.05) is 109 Å². The van der Waals surface area contributed by atoms with Crippen molar-refractivity contribution >= 4 is 61.9 Å². The molecule has 0 saturated heterocycles. The Balaban J connectivity index is 1.34. The number of carbonyl (C=O) groups is 1. The SMILES string of the molecule is C=C(C)C(=O)OCCCN(c1ccc(Cl)cc1)c1ccc2c(c1)Oc1cc(N(C)c3ccc(Cl)cc3)ccc1C21NS(=O)(=O)c2ccccc21. The molecule has 0 aliphatic carbocycles. The summed E-state index contributed by atoms with van der Waals surface area (Å²) in [6, 6.07) is 33.6. The summed E-state index contributed by atoms with van der Waals surface area (Å²) in [7, 11) is -1.93. The minimum Gasteiger partial charge on any atom is -0.462 e. The maximum atomic E-state index is 13.7. The average molecular weight is 727 g/mol. The summed E-state index contributed by atoms with van der Waals surface area (Å²) in [4.78, 5) is 16.3. The fourth-order valence-corrected chi connectivity index (χ4v) is 8.39. The van der Waals surface area contributed by atoms with E-state index in [-0.39, 0.29) is 11.5 Å². The first kappa shape index (κ1) is 33.7. The van der Waals surface area contributed by atoms with E-state index in [4.69, 9.17) is 32.7 Å². The lowest BCUT2D eigenvalue weighted by Crippen LogP contribution is -2.43. The summed E-state index contributed by atoms with van der Waals surface area (Å²) in [6.07, 6.45) is 0.528. The zero-order valence-corrected chi connectivity index (χ0v) is 29.6. The van der Waals surface area contributed by atoms with Crippen LogP contribution in [-0.2, 0) is 25.1 Å². The molecule has 1 atom stereocenters. The van der Waals surface area contributed by atoms with E-state index < -0.39 is 21.5 Å². The third kappa shape index (κ3) is 6.00. The number of anilines is 4. The molecule has 11 heteroatoms. The largest absolute Gasteiger partial charge is 0.462 e. The maximum Gasteiger partial charge on any atom is 0.333 e. The Bertz CT molecular complexity index is 2240. The van der Waals surface area contributed by atoms with Crippen LogP contribution in [0.3, 0.4) is 0 Å². The number of fused-ring (bicyclic) bond motifs is 6. The van der Waals surface area contributed by atoms with Gasteiger partial charge in [-0.1, -0.05) is 60.1 Å². The van der Waals surface area contributed by atoms with Crippen molar-refractivity contribution in [3.8, 4) is 11.5 Å². The van der Waals surface area contributed by atoms with Crippen LogP contribution in [0.2, 0.25) is 10.0 Å². The van der Waals surface area contributed by atoms with Gasteiger partial charge in [0.1, 0.15) is 17.0 Å². The summed E-state index contributed by atoms with van der Waals surface area (Å²) in [5, 5.41) is 1.24. The molecule has 1 unspecified atom stereocenters. The molecular formula is C39H33Cl2N3O5S. The molecule has 8 nitrogen and oxygen atoms in total. The Labute approximate surface area is 301 Å². The normalized spacial score (nSPS) is 16.5. The standard InChI is InChI=1S/C39H33Cl2N3O5S/c1-25(2)38(45)48-22-6-21-44(29-15-11-27(41)12-16-29)31-18-20-33-36(24-31)49-35-23-30(43(3)28-13-9-26(40)10-14-28)17-19-32(35)39(33)34-7-4-5-8-37(34)50(46,47)42-39/h4-5,7-20,23-24,42H,1,6,21-22H2,2-3H3. The molecule has 2 heterocycles. The molecule has 5 aromatic rings. The molecule has 254 valence electrons. The first-order chi connectivity index (χ1) is 24.0. The summed E-state index contributed by atoms with van der Waals surface area (Å²) in [5.41, 5.74) is 4.46. The van der Waals surface area contributed by atoms with E-state index in [2.05, 4.69) is 16.2 Å². The molecule has 0 aromatic heterocycles. The van der Waals surface area contributed by atoms with Gasteiger partial charge in [-0.25, -0.2) is 13.2 Å². The third-order valence-electron chi connectivity index (χ3n) is 8.99. The second-order valence-electron chi connectivity index (χ2n) is 12.2. The Morgan fingerprint density at radius 1 is 0.800 bits per heavy atom. The lowest BCUT2D eigenvalue weighted by molar-refractivity contribution is -0.138. The van der Waals surface area contributed by atoms with Gasteiger partial charge in [0.2, 0.25) is 10.0 Å². The quantitative estimate of drug-likeness (QED) is 0.0922. The van der Waals surface area contributed by atoms with Gasteiger partial charge in [0, 0.05) is 80.8 Å². The number of benzene rings is 5. The molecule has 1 N–H and O–H groups in total. The maximum absolute atomic E-state index is 13.7.